The van der Waals surface area contributed by atoms with Crippen molar-refractivity contribution in [2.75, 3.05) is 19.6 Å². The summed E-state index contributed by atoms with van der Waals surface area (Å²) in [6.07, 6.45) is 2.39. The number of piperidine rings is 1. The highest BCUT2D eigenvalue weighted by Gasteiger charge is 2.28. The Kier molecular flexibility index (Phi) is 5.55. The normalized spacial score (nSPS) is 25.6. The average molecular weight is 278 g/mol. The number of nitrogens with one attached hydrogen (secondary N) is 1. The lowest BCUT2D eigenvalue weighted by Gasteiger charge is -2.40. The van der Waals surface area contributed by atoms with Gasteiger partial charge in [0.25, 0.3) is 0 Å². The molecule has 0 saturated carbocycles. The van der Waals surface area contributed by atoms with Gasteiger partial charge in [0, 0.05) is 25.2 Å². The second kappa shape index (κ2) is 7.19. The van der Waals surface area contributed by atoms with Crippen LogP contribution in [0.25, 0.3) is 0 Å². The van der Waals surface area contributed by atoms with Crippen molar-refractivity contribution >= 4 is 0 Å². The second-order valence-electron chi connectivity index (χ2n) is 6.05. The summed E-state index contributed by atoms with van der Waals surface area (Å²) >= 11 is 0. The molecule has 1 fully saturated rings. The van der Waals surface area contributed by atoms with Gasteiger partial charge in [-0.25, -0.2) is 4.39 Å². The monoisotopic (exact) mass is 278 g/mol. The van der Waals surface area contributed by atoms with E-state index < -0.39 is 0 Å². The molecule has 1 aromatic carbocycles. The fraction of sp³-hybridized carbons (Fsp3) is 0.647. The van der Waals surface area contributed by atoms with Gasteiger partial charge >= 0.3 is 0 Å². The standard InChI is InChI=1S/C17H27FN2/c1-4-10-19-17-9-11-20(12-13(17)2)14(3)15-5-7-16(18)8-6-15/h5-8,13-14,17,19H,4,9-12H2,1-3H3. The number of hydrogen-bond acceptors (Lipinski definition) is 2. The zero-order valence-electron chi connectivity index (χ0n) is 12.9. The lowest BCUT2D eigenvalue weighted by atomic mass is 9.91. The van der Waals surface area contributed by atoms with Crippen LogP contribution in [0.15, 0.2) is 24.3 Å². The molecule has 1 N–H and O–H groups in total. The van der Waals surface area contributed by atoms with E-state index in [0.717, 1.165) is 19.6 Å². The zero-order valence-corrected chi connectivity index (χ0v) is 12.9. The number of hydrogen-bond donors (Lipinski definition) is 1. The lowest BCUT2D eigenvalue weighted by Crippen LogP contribution is -2.49. The third-order valence-corrected chi connectivity index (χ3v) is 4.49. The summed E-state index contributed by atoms with van der Waals surface area (Å²) in [7, 11) is 0. The Labute approximate surface area is 122 Å². The second-order valence-corrected chi connectivity index (χ2v) is 6.05. The largest absolute Gasteiger partial charge is 0.314 e. The van der Waals surface area contributed by atoms with Crippen LogP contribution in [0.4, 0.5) is 4.39 Å². The van der Waals surface area contributed by atoms with Crippen LogP contribution in [-0.4, -0.2) is 30.6 Å². The summed E-state index contributed by atoms with van der Waals surface area (Å²) in [6.45, 7) is 10.1. The van der Waals surface area contributed by atoms with Crippen molar-refractivity contribution in [3.8, 4) is 0 Å². The van der Waals surface area contributed by atoms with Crippen LogP contribution in [0, 0.1) is 11.7 Å². The van der Waals surface area contributed by atoms with Crippen LogP contribution in [-0.2, 0) is 0 Å². The quantitative estimate of drug-likeness (QED) is 0.885. The minimum Gasteiger partial charge on any atom is -0.314 e. The minimum atomic E-state index is -0.156. The highest BCUT2D eigenvalue weighted by atomic mass is 19.1. The van der Waals surface area contributed by atoms with E-state index in [0.29, 0.717) is 18.0 Å². The van der Waals surface area contributed by atoms with Crippen molar-refractivity contribution in [3.05, 3.63) is 35.6 Å². The first kappa shape index (κ1) is 15.5. The van der Waals surface area contributed by atoms with Crippen LogP contribution in [0.5, 0.6) is 0 Å². The van der Waals surface area contributed by atoms with Gasteiger partial charge in [-0.15, -0.1) is 0 Å². The highest BCUT2D eigenvalue weighted by Crippen LogP contribution is 2.26. The molecule has 3 atom stereocenters. The maximum atomic E-state index is 13.0. The van der Waals surface area contributed by atoms with Crippen molar-refractivity contribution in [3.63, 3.8) is 0 Å². The predicted octanol–water partition coefficient (Wildman–Crippen LogP) is 3.60. The first-order valence-corrected chi connectivity index (χ1v) is 7.84. The Balaban J connectivity index is 1.93. The van der Waals surface area contributed by atoms with Gasteiger partial charge in [-0.05, 0) is 49.9 Å². The molecule has 0 aromatic heterocycles. The van der Waals surface area contributed by atoms with Crippen LogP contribution >= 0.6 is 0 Å². The highest BCUT2D eigenvalue weighted by molar-refractivity contribution is 5.19. The lowest BCUT2D eigenvalue weighted by molar-refractivity contribution is 0.111. The van der Waals surface area contributed by atoms with Crippen LogP contribution in [0.1, 0.15) is 45.2 Å². The van der Waals surface area contributed by atoms with Gasteiger partial charge in [0.1, 0.15) is 5.82 Å². The molecule has 0 spiro atoms. The first-order valence-electron chi connectivity index (χ1n) is 7.84. The molecule has 0 amide bonds. The van der Waals surface area contributed by atoms with Crippen molar-refractivity contribution in [2.24, 2.45) is 5.92 Å². The van der Waals surface area contributed by atoms with Crippen molar-refractivity contribution in [1.29, 1.82) is 0 Å². The number of nitrogens with zero attached hydrogens (tertiary/aromatic N) is 1. The average Bonchev–Trinajstić information content (AvgIpc) is 2.46. The van der Waals surface area contributed by atoms with Gasteiger partial charge < -0.3 is 5.32 Å². The van der Waals surface area contributed by atoms with Crippen LogP contribution in [0.2, 0.25) is 0 Å². The number of likely N-dealkylation sites (tertiary alicyclic amines) is 1. The van der Waals surface area contributed by atoms with Gasteiger partial charge in [0.05, 0.1) is 0 Å². The van der Waals surface area contributed by atoms with Gasteiger partial charge in [0.2, 0.25) is 0 Å². The molecule has 1 aromatic rings. The summed E-state index contributed by atoms with van der Waals surface area (Å²) in [4.78, 5) is 2.52. The van der Waals surface area contributed by atoms with E-state index in [2.05, 4.69) is 31.0 Å². The zero-order chi connectivity index (χ0) is 14.5. The topological polar surface area (TPSA) is 15.3 Å². The van der Waals surface area contributed by atoms with E-state index in [1.54, 1.807) is 12.1 Å². The van der Waals surface area contributed by atoms with Gasteiger partial charge in [-0.2, -0.15) is 0 Å². The molecular weight excluding hydrogens is 251 g/mol. The molecule has 0 bridgehead atoms. The Morgan fingerprint density at radius 3 is 2.65 bits per heavy atom. The van der Waals surface area contributed by atoms with E-state index in [4.69, 9.17) is 0 Å². The van der Waals surface area contributed by atoms with Crippen molar-refractivity contribution < 1.29 is 4.39 Å². The molecule has 3 heteroatoms. The molecule has 1 aliphatic heterocycles. The van der Waals surface area contributed by atoms with E-state index in [1.165, 1.54) is 18.4 Å². The Morgan fingerprint density at radius 2 is 2.05 bits per heavy atom. The van der Waals surface area contributed by atoms with E-state index in [-0.39, 0.29) is 5.82 Å². The summed E-state index contributed by atoms with van der Waals surface area (Å²) < 4.78 is 13.0. The number of halogens is 1. The molecule has 3 unspecified atom stereocenters. The molecule has 0 radical (unpaired) electrons. The van der Waals surface area contributed by atoms with Gasteiger partial charge in [-0.3, -0.25) is 4.90 Å². The summed E-state index contributed by atoms with van der Waals surface area (Å²) in [5, 5.41) is 3.65. The third-order valence-electron chi connectivity index (χ3n) is 4.49. The predicted molar refractivity (Wildman–Crippen MR) is 82.3 cm³/mol. The van der Waals surface area contributed by atoms with E-state index in [1.807, 2.05) is 12.1 Å². The molecule has 2 rings (SSSR count). The molecule has 1 saturated heterocycles. The van der Waals surface area contributed by atoms with Gasteiger partial charge in [0.15, 0.2) is 0 Å². The number of rotatable bonds is 5. The maximum absolute atomic E-state index is 13.0. The SMILES string of the molecule is CCCNC1CCN(C(C)c2ccc(F)cc2)CC1C. The third kappa shape index (κ3) is 3.80. The summed E-state index contributed by atoms with van der Waals surface area (Å²) in [5.41, 5.74) is 1.21. The first-order chi connectivity index (χ1) is 9.61. The smallest absolute Gasteiger partial charge is 0.123 e. The van der Waals surface area contributed by atoms with Gasteiger partial charge in [-0.1, -0.05) is 26.0 Å². The van der Waals surface area contributed by atoms with E-state index in [9.17, 15) is 4.39 Å². The molecule has 2 nitrogen and oxygen atoms in total. The summed E-state index contributed by atoms with van der Waals surface area (Å²) in [6, 6.07) is 7.95. The van der Waals surface area contributed by atoms with E-state index >= 15 is 0 Å². The molecule has 1 heterocycles. The molecule has 20 heavy (non-hydrogen) atoms. The molecule has 112 valence electrons. The molecule has 0 aliphatic carbocycles. The Hall–Kier alpha value is -0.930. The molecular formula is C17H27FN2. The van der Waals surface area contributed by atoms with Crippen molar-refractivity contribution in [2.45, 2.75) is 45.7 Å². The Morgan fingerprint density at radius 1 is 1.35 bits per heavy atom. The maximum Gasteiger partial charge on any atom is 0.123 e. The summed E-state index contributed by atoms with van der Waals surface area (Å²) in [5.74, 6) is 0.509. The fourth-order valence-corrected chi connectivity index (χ4v) is 3.11. The van der Waals surface area contributed by atoms with Crippen molar-refractivity contribution in [1.82, 2.24) is 10.2 Å². The number of benzene rings is 1. The molecule has 1 aliphatic rings. The fourth-order valence-electron chi connectivity index (χ4n) is 3.11. The van der Waals surface area contributed by atoms with Crippen LogP contribution in [0.3, 0.4) is 0 Å². The van der Waals surface area contributed by atoms with Crippen LogP contribution < -0.4 is 5.32 Å². The minimum absolute atomic E-state index is 0.156. The Bertz CT molecular complexity index is 404.